The highest BCUT2D eigenvalue weighted by Gasteiger charge is 2.32. The molecule has 3 aromatic heterocycles. The number of para-hydroxylation sites is 8. The molecule has 0 bridgehead atoms. The van der Waals surface area contributed by atoms with Crippen LogP contribution in [0.5, 0.6) is 0 Å². The smallest absolute Gasteiger partial charge is 0.145 e. The third-order valence-corrected chi connectivity index (χ3v) is 22.4. The molecule has 0 unspecified atom stereocenters. The van der Waals surface area contributed by atoms with Crippen LogP contribution < -0.4 is 19.6 Å². The summed E-state index contributed by atoms with van der Waals surface area (Å²) in [6, 6.07) is 163. The lowest BCUT2D eigenvalue weighted by Gasteiger charge is -2.28. The zero-order valence-electron chi connectivity index (χ0n) is 62.8. The number of hydrogen-bond donors (Lipinski definition) is 0. The predicted molar refractivity (Wildman–Crippen MR) is 483 cm³/mol. The molecule has 542 valence electrons. The van der Waals surface area contributed by atoms with Crippen LogP contribution in [0.1, 0.15) is 0 Å². The monoisotopic (exact) mass is 1470 g/mol. The molecule has 0 atom stereocenters. The van der Waals surface area contributed by atoms with E-state index >= 15 is 0 Å². The highest BCUT2D eigenvalue weighted by Crippen LogP contribution is 2.55. The van der Waals surface area contributed by atoms with Crippen molar-refractivity contribution in [1.29, 1.82) is 0 Å². The highest BCUT2D eigenvalue weighted by molar-refractivity contribution is 6.33. The summed E-state index contributed by atoms with van der Waals surface area (Å²) in [5.74, 6) is 0. The summed E-state index contributed by atoms with van der Waals surface area (Å²) in [7, 11) is 0. The molecule has 7 heteroatoms. The Hall–Kier alpha value is -15.4. The molecule has 0 fully saturated rings. The lowest BCUT2D eigenvalue weighted by atomic mass is 9.96. The Kier molecular flexibility index (Phi) is 17.1. The largest absolute Gasteiger partial charge is 0.455 e. The van der Waals surface area contributed by atoms with Gasteiger partial charge in [0.05, 0.1) is 44.2 Å². The van der Waals surface area contributed by atoms with Crippen molar-refractivity contribution in [3.63, 3.8) is 0 Å². The normalized spacial score (nSPS) is 11.5. The Bertz CT molecular complexity index is 6950. The number of aromatic nitrogens is 2. The van der Waals surface area contributed by atoms with E-state index in [-0.39, 0.29) is 0 Å². The molecule has 115 heavy (non-hydrogen) atoms. The fourth-order valence-corrected chi connectivity index (χ4v) is 17.2. The van der Waals surface area contributed by atoms with Gasteiger partial charge in [-0.05, 0) is 220 Å². The minimum atomic E-state index is 0.772. The lowest BCUT2D eigenvalue weighted by Crippen LogP contribution is -2.12. The van der Waals surface area contributed by atoms with Gasteiger partial charge in [0, 0.05) is 89.8 Å². The van der Waals surface area contributed by atoms with Crippen LogP contribution in [0.2, 0.25) is 0 Å². The molecule has 0 aliphatic rings. The Labute approximate surface area is 667 Å². The summed E-state index contributed by atoms with van der Waals surface area (Å²) in [4.78, 5) is 9.60. The molecule has 0 aliphatic carbocycles. The van der Waals surface area contributed by atoms with Gasteiger partial charge in [0.1, 0.15) is 11.2 Å². The summed E-state index contributed by atoms with van der Waals surface area (Å²) in [5, 5.41) is 5.98. The van der Waals surface area contributed by atoms with Gasteiger partial charge in [-0.25, -0.2) is 0 Å². The SMILES string of the molecule is c1ccc(-c2ccc(-c3cc(-c4ccccc4)cc(-n4c5ccccc5c5c6oc7c(cc(N(c8ccccc8)c8ccccc8)c8c7c7ccc(N(c9ccccc9)c9ccccc9)cc7n8-c7ccc(N(c8ccccc8)c8ccc(-c9ccccc9)cc8)cc7)c6cc(N(c6ccccc6)c6ccccc6)c54)c3)cc2)cc1. The molecule has 7 nitrogen and oxygen atoms in total. The summed E-state index contributed by atoms with van der Waals surface area (Å²) in [6.07, 6.45) is 0. The molecule has 18 aromatic carbocycles. The molecule has 0 radical (unpaired) electrons. The molecule has 21 aromatic rings. The Morgan fingerprint density at radius 1 is 0.174 bits per heavy atom. The number of anilines is 12. The van der Waals surface area contributed by atoms with E-state index in [1.54, 1.807) is 0 Å². The quantitative estimate of drug-likeness (QED) is 0.0856. The average Bonchev–Trinajstić information content (AvgIpc) is 1.52. The maximum absolute atomic E-state index is 8.24. The van der Waals surface area contributed by atoms with Crippen molar-refractivity contribution < 1.29 is 4.42 Å². The van der Waals surface area contributed by atoms with Crippen molar-refractivity contribution >= 4 is 134 Å². The third kappa shape index (κ3) is 12.2. The van der Waals surface area contributed by atoms with E-state index < -0.39 is 0 Å². The molecular weight excluding hydrogens is 1400 g/mol. The van der Waals surface area contributed by atoms with E-state index in [2.05, 4.69) is 478 Å². The van der Waals surface area contributed by atoms with E-state index in [0.29, 0.717) is 0 Å². The first-order valence-corrected chi connectivity index (χ1v) is 39.2. The number of fused-ring (bicyclic) bond motifs is 11. The van der Waals surface area contributed by atoms with Crippen LogP contribution in [0.25, 0.3) is 121 Å². The fourth-order valence-electron chi connectivity index (χ4n) is 17.2. The Morgan fingerprint density at radius 3 is 0.852 bits per heavy atom. The molecule has 0 spiro atoms. The number of nitrogens with zero attached hydrogens (tertiary/aromatic N) is 6. The molecule has 0 aliphatic heterocycles. The molecule has 3 heterocycles. The molecule has 0 N–H and O–H groups in total. The van der Waals surface area contributed by atoms with Gasteiger partial charge in [-0.1, -0.05) is 273 Å². The predicted octanol–water partition coefficient (Wildman–Crippen LogP) is 30.3. The zero-order valence-corrected chi connectivity index (χ0v) is 62.8. The average molecular weight is 1470 g/mol. The van der Waals surface area contributed by atoms with Crippen LogP contribution in [-0.2, 0) is 0 Å². The molecule has 0 saturated carbocycles. The van der Waals surface area contributed by atoms with Gasteiger partial charge < -0.3 is 33.2 Å². The number of rotatable bonds is 18. The van der Waals surface area contributed by atoms with Crippen LogP contribution in [0.4, 0.5) is 68.2 Å². The van der Waals surface area contributed by atoms with Gasteiger partial charge in [-0.2, -0.15) is 0 Å². The van der Waals surface area contributed by atoms with Crippen molar-refractivity contribution in [2.24, 2.45) is 0 Å². The maximum Gasteiger partial charge on any atom is 0.145 e. The lowest BCUT2D eigenvalue weighted by molar-refractivity contribution is 0.677. The first-order chi connectivity index (χ1) is 57.1. The van der Waals surface area contributed by atoms with Crippen LogP contribution in [-0.4, -0.2) is 9.13 Å². The summed E-state index contributed by atoms with van der Waals surface area (Å²) in [6.45, 7) is 0. The van der Waals surface area contributed by atoms with E-state index in [1.807, 2.05) is 0 Å². The van der Waals surface area contributed by atoms with Crippen molar-refractivity contribution in [2.75, 3.05) is 19.6 Å². The van der Waals surface area contributed by atoms with Crippen LogP contribution >= 0.6 is 0 Å². The second-order valence-electron chi connectivity index (χ2n) is 29.2. The summed E-state index contributed by atoms with van der Waals surface area (Å²) < 4.78 is 13.2. The van der Waals surface area contributed by atoms with Gasteiger partial charge in [0.15, 0.2) is 0 Å². The summed E-state index contributed by atoms with van der Waals surface area (Å²) in [5.41, 5.74) is 28.8. The third-order valence-electron chi connectivity index (χ3n) is 22.4. The summed E-state index contributed by atoms with van der Waals surface area (Å²) >= 11 is 0. The van der Waals surface area contributed by atoms with Crippen molar-refractivity contribution in [3.05, 3.63) is 449 Å². The topological polar surface area (TPSA) is 36.0 Å². The highest BCUT2D eigenvalue weighted by atomic mass is 16.3. The fraction of sp³-hybridized carbons (Fsp3) is 0. The zero-order chi connectivity index (χ0) is 76.1. The van der Waals surface area contributed by atoms with Gasteiger partial charge in [-0.3, -0.25) is 0 Å². The minimum Gasteiger partial charge on any atom is -0.455 e. The number of benzene rings is 18. The van der Waals surface area contributed by atoms with E-state index in [1.165, 1.54) is 16.7 Å². The standard InChI is InChI=1S/C108H74N6O/c1-11-33-75(34-12-1)78-55-57-80(58-56-78)82-69-81(77-37-15-3-16-38-77)70-94(71-82)114-99-54-32-31-53-95(99)103-106(114)102(112(88-49-27-9-28-50-88)89-51-29-10-30-52-89)74-97-98-73-101(111(86-45-23-7-24-46-86)87-47-25-8-26-48-87)105-104(108(98)115-107(97)103)96-68-67-93(110(84-41-19-5-20-42-84)85-43-21-6-22-44-85)72-100(96)113(105)92-65-63-91(64-66-92)109(83-39-17-4-18-40-83)90-61-59-79(60-62-90)76-35-13-2-14-36-76/h1-74H. The van der Waals surface area contributed by atoms with E-state index in [9.17, 15) is 0 Å². The van der Waals surface area contributed by atoms with Crippen molar-refractivity contribution in [2.45, 2.75) is 0 Å². The van der Waals surface area contributed by atoms with Gasteiger partial charge in [0.2, 0.25) is 0 Å². The second-order valence-corrected chi connectivity index (χ2v) is 29.2. The molecule has 21 rings (SSSR count). The minimum absolute atomic E-state index is 0.772. The van der Waals surface area contributed by atoms with Crippen molar-refractivity contribution in [3.8, 4) is 55.9 Å². The van der Waals surface area contributed by atoms with Crippen LogP contribution in [0.3, 0.4) is 0 Å². The van der Waals surface area contributed by atoms with Gasteiger partial charge >= 0.3 is 0 Å². The van der Waals surface area contributed by atoms with E-state index in [4.69, 9.17) is 4.42 Å². The van der Waals surface area contributed by atoms with E-state index in [0.717, 1.165) is 173 Å². The van der Waals surface area contributed by atoms with Gasteiger partial charge in [0.25, 0.3) is 0 Å². The number of hydrogen-bond acceptors (Lipinski definition) is 5. The van der Waals surface area contributed by atoms with Gasteiger partial charge in [-0.15, -0.1) is 0 Å². The second kappa shape index (κ2) is 29.1. The first-order valence-electron chi connectivity index (χ1n) is 39.2. The number of furan rings is 1. The van der Waals surface area contributed by atoms with Crippen LogP contribution in [0, 0.1) is 0 Å². The van der Waals surface area contributed by atoms with Crippen LogP contribution in [0.15, 0.2) is 453 Å². The molecular formula is C108H74N6O. The molecule has 0 amide bonds. The van der Waals surface area contributed by atoms with Crippen molar-refractivity contribution in [1.82, 2.24) is 9.13 Å². The molecule has 0 saturated heterocycles. The Balaban J connectivity index is 0.890. The first kappa shape index (κ1) is 67.7. The maximum atomic E-state index is 8.24. The Morgan fingerprint density at radius 2 is 0.452 bits per heavy atom.